The van der Waals surface area contributed by atoms with Crippen molar-refractivity contribution in [2.45, 2.75) is 13.8 Å². The predicted octanol–water partition coefficient (Wildman–Crippen LogP) is 3.85. The summed E-state index contributed by atoms with van der Waals surface area (Å²) in [5.41, 5.74) is 7.36. The van der Waals surface area contributed by atoms with Crippen molar-refractivity contribution in [2.75, 3.05) is 10.9 Å². The van der Waals surface area contributed by atoms with Crippen molar-refractivity contribution in [3.8, 4) is 0 Å². The minimum Gasteiger partial charge on any atom is -0.259 e. The van der Waals surface area contributed by atoms with Crippen LogP contribution in [0, 0.1) is 0 Å². The van der Waals surface area contributed by atoms with E-state index in [4.69, 9.17) is 0 Å². The summed E-state index contributed by atoms with van der Waals surface area (Å²) in [7, 11) is 0. The van der Waals surface area contributed by atoms with Crippen LogP contribution in [-0.4, -0.2) is 31.8 Å². The summed E-state index contributed by atoms with van der Waals surface area (Å²) in [5, 5.41) is 28.9. The van der Waals surface area contributed by atoms with Crippen LogP contribution < -0.4 is 10.9 Å². The van der Waals surface area contributed by atoms with E-state index >= 15 is 0 Å². The second-order valence-electron chi connectivity index (χ2n) is 6.18. The van der Waals surface area contributed by atoms with E-state index in [1.54, 1.807) is 12.4 Å². The maximum atomic E-state index is 4.38. The first kappa shape index (κ1) is 17.5. The summed E-state index contributed by atoms with van der Waals surface area (Å²) >= 11 is 0. The first-order chi connectivity index (χ1) is 13.7. The van der Waals surface area contributed by atoms with Crippen LogP contribution in [0.15, 0.2) is 71.1 Å². The molecule has 0 aliphatic rings. The Hall–Kier alpha value is -3.94. The number of nitrogens with one attached hydrogen (secondary N) is 2. The lowest BCUT2D eigenvalue weighted by molar-refractivity contribution is 1.04. The van der Waals surface area contributed by atoms with Gasteiger partial charge in [0.05, 0.1) is 23.8 Å². The Morgan fingerprint density at radius 2 is 1.11 bits per heavy atom. The van der Waals surface area contributed by atoms with Gasteiger partial charge in [-0.25, -0.2) is 0 Å². The number of hydrazone groups is 2. The summed E-state index contributed by atoms with van der Waals surface area (Å²) in [6, 6.07) is 15.7. The van der Waals surface area contributed by atoms with Crippen LogP contribution >= 0.6 is 0 Å². The highest BCUT2D eigenvalue weighted by atomic mass is 15.4. The summed E-state index contributed by atoms with van der Waals surface area (Å²) < 4.78 is 0. The fraction of sp³-hybridized carbons (Fsp3) is 0.100. The van der Waals surface area contributed by atoms with E-state index < -0.39 is 0 Å². The van der Waals surface area contributed by atoms with Crippen molar-refractivity contribution in [1.29, 1.82) is 0 Å². The second kappa shape index (κ2) is 7.75. The van der Waals surface area contributed by atoms with E-state index in [2.05, 4.69) is 41.4 Å². The predicted molar refractivity (Wildman–Crippen MR) is 113 cm³/mol. The third-order valence-corrected chi connectivity index (χ3v) is 4.32. The third-order valence-electron chi connectivity index (χ3n) is 4.32. The molecule has 2 heterocycles. The highest BCUT2D eigenvalue weighted by molar-refractivity contribution is 6.40. The smallest absolute Gasteiger partial charge is 0.176 e. The fourth-order valence-electron chi connectivity index (χ4n) is 2.66. The van der Waals surface area contributed by atoms with Gasteiger partial charge in [-0.05, 0) is 13.8 Å². The van der Waals surface area contributed by atoms with Crippen LogP contribution in [0.1, 0.15) is 13.8 Å². The summed E-state index contributed by atoms with van der Waals surface area (Å²) in [6.45, 7) is 3.72. The zero-order valence-corrected chi connectivity index (χ0v) is 15.5. The first-order valence-corrected chi connectivity index (χ1v) is 8.74. The van der Waals surface area contributed by atoms with Crippen molar-refractivity contribution in [3.05, 3.63) is 60.9 Å². The molecule has 0 fully saturated rings. The molecule has 0 spiro atoms. The van der Waals surface area contributed by atoms with Gasteiger partial charge >= 0.3 is 0 Å². The van der Waals surface area contributed by atoms with Gasteiger partial charge in [0, 0.05) is 21.5 Å². The van der Waals surface area contributed by atoms with Gasteiger partial charge in [-0.1, -0.05) is 48.5 Å². The highest BCUT2D eigenvalue weighted by Crippen LogP contribution is 2.20. The van der Waals surface area contributed by atoms with E-state index in [0.29, 0.717) is 23.1 Å². The molecule has 0 radical (unpaired) electrons. The average molecular weight is 370 g/mol. The van der Waals surface area contributed by atoms with E-state index in [0.717, 1.165) is 21.5 Å². The number of benzene rings is 2. The molecule has 0 saturated heterocycles. The zero-order valence-electron chi connectivity index (χ0n) is 15.5. The largest absolute Gasteiger partial charge is 0.259 e. The van der Waals surface area contributed by atoms with Gasteiger partial charge in [0.25, 0.3) is 0 Å². The van der Waals surface area contributed by atoms with Crippen molar-refractivity contribution in [1.82, 2.24) is 20.4 Å². The fourth-order valence-corrected chi connectivity index (χ4v) is 2.66. The van der Waals surface area contributed by atoms with Crippen LogP contribution in [0.3, 0.4) is 0 Å². The molecule has 0 bridgehead atoms. The summed E-state index contributed by atoms with van der Waals surface area (Å²) in [5.74, 6) is 1.19. The van der Waals surface area contributed by atoms with Crippen LogP contribution in [0.25, 0.3) is 21.5 Å². The summed E-state index contributed by atoms with van der Waals surface area (Å²) in [6.07, 6.45) is 3.44. The van der Waals surface area contributed by atoms with E-state index in [9.17, 15) is 0 Å². The monoisotopic (exact) mass is 370 g/mol. The van der Waals surface area contributed by atoms with Crippen LogP contribution in [0.2, 0.25) is 0 Å². The van der Waals surface area contributed by atoms with Gasteiger partial charge in [0.2, 0.25) is 0 Å². The molecule has 0 atom stereocenters. The Balaban J connectivity index is 1.53. The van der Waals surface area contributed by atoms with E-state index in [1.807, 2.05) is 62.4 Å². The number of anilines is 2. The molecule has 4 rings (SSSR count). The van der Waals surface area contributed by atoms with Crippen molar-refractivity contribution in [3.63, 3.8) is 0 Å². The molecule has 0 amide bonds. The number of hydrogen-bond acceptors (Lipinski definition) is 8. The normalized spacial score (nSPS) is 12.4. The Morgan fingerprint density at radius 1 is 0.679 bits per heavy atom. The Labute approximate surface area is 161 Å². The molecule has 0 unspecified atom stereocenters. The Morgan fingerprint density at radius 3 is 1.57 bits per heavy atom. The molecule has 0 aliphatic heterocycles. The van der Waals surface area contributed by atoms with Crippen LogP contribution in [0.5, 0.6) is 0 Å². The maximum absolute atomic E-state index is 4.38. The number of fused-ring (bicyclic) bond motifs is 2. The Bertz CT molecular complexity index is 1090. The number of hydrogen-bond donors (Lipinski definition) is 2. The third kappa shape index (κ3) is 3.61. The number of nitrogens with zero attached hydrogens (tertiary/aromatic N) is 6. The Kier molecular flexibility index (Phi) is 4.83. The number of rotatable bonds is 5. The minimum atomic E-state index is 0.595. The van der Waals surface area contributed by atoms with E-state index in [1.165, 1.54) is 0 Å². The lowest BCUT2D eigenvalue weighted by Gasteiger charge is -2.06. The zero-order chi connectivity index (χ0) is 19.3. The van der Waals surface area contributed by atoms with E-state index in [-0.39, 0.29) is 0 Å². The van der Waals surface area contributed by atoms with Crippen LogP contribution in [0.4, 0.5) is 11.6 Å². The molecule has 2 aromatic heterocycles. The lowest BCUT2D eigenvalue weighted by atomic mass is 10.2. The molecule has 0 aliphatic carbocycles. The molecule has 138 valence electrons. The van der Waals surface area contributed by atoms with Crippen molar-refractivity contribution >= 4 is 44.6 Å². The molecule has 4 aromatic rings. The minimum absolute atomic E-state index is 0.595. The lowest BCUT2D eigenvalue weighted by Crippen LogP contribution is -2.11. The topological polar surface area (TPSA) is 100 Å². The number of aromatic nitrogens is 4. The molecular weight excluding hydrogens is 352 g/mol. The van der Waals surface area contributed by atoms with Gasteiger partial charge in [-0.2, -0.15) is 20.4 Å². The SMILES string of the molecule is CC(=N/Nc1nncc2ccccc12)/C(C)=N/Nc1nncc2ccccc12. The average Bonchev–Trinajstić information content (AvgIpc) is 2.75. The van der Waals surface area contributed by atoms with Gasteiger partial charge in [0.1, 0.15) is 0 Å². The first-order valence-electron chi connectivity index (χ1n) is 8.74. The maximum Gasteiger partial charge on any atom is 0.176 e. The standard InChI is InChI=1S/C20H18N8/c1-13(23-27-19-17-9-5-3-7-15(17)11-21-25-19)14(2)24-28-20-18-10-6-4-8-16(18)12-22-26-20/h3-12H,1-2H3,(H,25,27)(H,26,28)/b23-13-,24-14+. The second-order valence-corrected chi connectivity index (χ2v) is 6.18. The summed E-state index contributed by atoms with van der Waals surface area (Å²) in [4.78, 5) is 0. The molecule has 2 aromatic carbocycles. The van der Waals surface area contributed by atoms with Gasteiger partial charge in [0.15, 0.2) is 11.6 Å². The van der Waals surface area contributed by atoms with Crippen LogP contribution in [-0.2, 0) is 0 Å². The molecule has 8 heteroatoms. The quantitative estimate of drug-likeness (QED) is 0.409. The van der Waals surface area contributed by atoms with Crippen molar-refractivity contribution < 1.29 is 0 Å². The molecule has 8 nitrogen and oxygen atoms in total. The molecule has 2 N–H and O–H groups in total. The highest BCUT2D eigenvalue weighted by Gasteiger charge is 2.05. The van der Waals surface area contributed by atoms with Gasteiger partial charge in [-0.3, -0.25) is 10.9 Å². The molecule has 0 saturated carbocycles. The van der Waals surface area contributed by atoms with Gasteiger partial charge in [-0.15, -0.1) is 10.2 Å². The van der Waals surface area contributed by atoms with Crippen molar-refractivity contribution in [2.24, 2.45) is 10.2 Å². The molecule has 28 heavy (non-hydrogen) atoms. The van der Waals surface area contributed by atoms with Gasteiger partial charge < -0.3 is 0 Å². The molecular formula is C20H18N8.